The summed E-state index contributed by atoms with van der Waals surface area (Å²) in [4.78, 5) is 30.0. The third kappa shape index (κ3) is 8.66. The minimum absolute atomic E-state index is 0.00581. The number of amides is 2. The van der Waals surface area contributed by atoms with Gasteiger partial charge in [0.1, 0.15) is 12.6 Å². The first-order valence-corrected chi connectivity index (χ1v) is 16.9. The molecule has 4 aromatic rings. The van der Waals surface area contributed by atoms with E-state index in [1.165, 1.54) is 17.0 Å². The van der Waals surface area contributed by atoms with Crippen LogP contribution in [0.3, 0.4) is 0 Å². The number of hydrogen-bond donors (Lipinski definition) is 1. The number of benzene rings is 4. The second kappa shape index (κ2) is 15.4. The maximum atomic E-state index is 14.5. The van der Waals surface area contributed by atoms with E-state index in [4.69, 9.17) is 23.2 Å². The molecule has 7 nitrogen and oxygen atoms in total. The molecule has 0 aromatic heterocycles. The van der Waals surface area contributed by atoms with E-state index < -0.39 is 28.5 Å². The summed E-state index contributed by atoms with van der Waals surface area (Å²) in [5.74, 6) is -0.890. The number of anilines is 1. The van der Waals surface area contributed by atoms with E-state index in [2.05, 4.69) is 5.32 Å². The van der Waals surface area contributed by atoms with Crippen molar-refractivity contribution >= 4 is 50.7 Å². The maximum absolute atomic E-state index is 14.5. The van der Waals surface area contributed by atoms with Gasteiger partial charge in [-0.3, -0.25) is 13.9 Å². The van der Waals surface area contributed by atoms with Crippen LogP contribution < -0.4 is 9.62 Å². The van der Waals surface area contributed by atoms with Crippen molar-refractivity contribution in [1.29, 1.82) is 0 Å². The molecule has 0 spiro atoms. The summed E-state index contributed by atoms with van der Waals surface area (Å²) in [5.41, 5.74) is 2.53. The van der Waals surface area contributed by atoms with Crippen molar-refractivity contribution in [3.05, 3.63) is 130 Å². The van der Waals surface area contributed by atoms with Gasteiger partial charge in [0.05, 0.1) is 20.6 Å². The molecule has 0 aliphatic heterocycles. The molecule has 0 aliphatic rings. The highest BCUT2D eigenvalue weighted by Gasteiger charge is 2.35. The Morgan fingerprint density at radius 2 is 1.44 bits per heavy atom. The normalized spacial score (nSPS) is 12.6. The number of rotatable bonds is 13. The minimum Gasteiger partial charge on any atom is -0.352 e. The predicted molar refractivity (Wildman–Crippen MR) is 181 cm³/mol. The van der Waals surface area contributed by atoms with Crippen LogP contribution in [0.5, 0.6) is 0 Å². The van der Waals surface area contributed by atoms with Gasteiger partial charge in [0.15, 0.2) is 0 Å². The standard InChI is InChI=1S/C35H37Cl2N3O4S/c1-4-26(3)38-35(42)33(22-27-14-7-5-8-15-27)39(23-28-19-20-30(36)31(37)21-28)34(41)24-40(32-18-12-11-13-25(32)2)45(43,44)29-16-9-6-10-17-29/h5-21,26,33H,4,22-24H2,1-3H3,(H,38,42)/t26-,33+/m0/s1. The lowest BCUT2D eigenvalue weighted by Crippen LogP contribution is -2.54. The molecule has 0 bridgehead atoms. The number of para-hydroxylation sites is 1. The van der Waals surface area contributed by atoms with Crippen LogP contribution in [-0.4, -0.2) is 43.8 Å². The van der Waals surface area contributed by atoms with Gasteiger partial charge in [-0.1, -0.05) is 103 Å². The average Bonchev–Trinajstić information content (AvgIpc) is 3.04. The molecule has 0 heterocycles. The van der Waals surface area contributed by atoms with Crippen LogP contribution in [0, 0.1) is 6.92 Å². The predicted octanol–water partition coefficient (Wildman–Crippen LogP) is 7.05. The lowest BCUT2D eigenvalue weighted by Gasteiger charge is -2.34. The van der Waals surface area contributed by atoms with Gasteiger partial charge >= 0.3 is 0 Å². The third-order valence-electron chi connectivity index (χ3n) is 7.60. The SMILES string of the molecule is CC[C@H](C)NC(=O)[C@@H](Cc1ccccc1)N(Cc1ccc(Cl)c(Cl)c1)C(=O)CN(c1ccccc1C)S(=O)(=O)c1ccccc1. The molecule has 0 aliphatic carbocycles. The molecule has 0 saturated carbocycles. The highest BCUT2D eigenvalue weighted by Crippen LogP contribution is 2.28. The molecule has 10 heteroatoms. The first kappa shape index (κ1) is 34.0. The van der Waals surface area contributed by atoms with E-state index in [1.54, 1.807) is 67.6 Å². The number of sulfonamides is 1. The molecule has 0 unspecified atom stereocenters. The molecule has 1 N–H and O–H groups in total. The Morgan fingerprint density at radius 1 is 0.822 bits per heavy atom. The molecule has 0 fully saturated rings. The minimum atomic E-state index is -4.17. The van der Waals surface area contributed by atoms with Crippen molar-refractivity contribution in [2.24, 2.45) is 0 Å². The van der Waals surface area contributed by atoms with Crippen LogP contribution in [0.4, 0.5) is 5.69 Å². The molecule has 2 amide bonds. The zero-order chi connectivity index (χ0) is 32.6. The van der Waals surface area contributed by atoms with Gasteiger partial charge < -0.3 is 10.2 Å². The second-order valence-corrected chi connectivity index (χ2v) is 13.6. The molecular formula is C35H37Cl2N3O4S. The van der Waals surface area contributed by atoms with Gasteiger partial charge in [-0.05, 0) is 67.3 Å². The Kier molecular flexibility index (Phi) is 11.7. The van der Waals surface area contributed by atoms with Crippen molar-refractivity contribution in [2.75, 3.05) is 10.8 Å². The summed E-state index contributed by atoms with van der Waals surface area (Å²) >= 11 is 12.5. The molecule has 4 rings (SSSR count). The second-order valence-electron chi connectivity index (χ2n) is 10.9. The molecular weight excluding hydrogens is 629 g/mol. The fourth-order valence-electron chi connectivity index (χ4n) is 4.91. The Morgan fingerprint density at radius 3 is 2.07 bits per heavy atom. The molecule has 4 aromatic carbocycles. The average molecular weight is 667 g/mol. The number of nitrogens with one attached hydrogen (secondary N) is 1. The highest BCUT2D eigenvalue weighted by atomic mass is 35.5. The van der Waals surface area contributed by atoms with Crippen LogP contribution in [-0.2, 0) is 32.6 Å². The lowest BCUT2D eigenvalue weighted by molar-refractivity contribution is -0.140. The van der Waals surface area contributed by atoms with Gasteiger partial charge in [-0.2, -0.15) is 0 Å². The van der Waals surface area contributed by atoms with Crippen molar-refractivity contribution in [3.63, 3.8) is 0 Å². The van der Waals surface area contributed by atoms with Crippen molar-refractivity contribution in [1.82, 2.24) is 10.2 Å². The van der Waals surface area contributed by atoms with Gasteiger partial charge in [0.25, 0.3) is 10.0 Å². The summed E-state index contributed by atoms with van der Waals surface area (Å²) in [6, 6.07) is 28.3. The largest absolute Gasteiger partial charge is 0.352 e. The smallest absolute Gasteiger partial charge is 0.264 e. The van der Waals surface area contributed by atoms with Gasteiger partial charge in [0.2, 0.25) is 11.8 Å². The van der Waals surface area contributed by atoms with Crippen LogP contribution in [0.1, 0.15) is 37.0 Å². The van der Waals surface area contributed by atoms with E-state index in [1.807, 2.05) is 44.2 Å². The van der Waals surface area contributed by atoms with Crippen LogP contribution in [0.25, 0.3) is 0 Å². The van der Waals surface area contributed by atoms with Gasteiger partial charge in [-0.25, -0.2) is 8.42 Å². The fraction of sp³-hybridized carbons (Fsp3) is 0.257. The van der Waals surface area contributed by atoms with Crippen molar-refractivity contribution in [2.45, 2.75) is 57.1 Å². The van der Waals surface area contributed by atoms with E-state index in [9.17, 15) is 18.0 Å². The van der Waals surface area contributed by atoms with E-state index in [-0.39, 0.29) is 29.8 Å². The van der Waals surface area contributed by atoms with Gasteiger partial charge in [-0.15, -0.1) is 0 Å². The van der Waals surface area contributed by atoms with Crippen LogP contribution >= 0.6 is 23.2 Å². The van der Waals surface area contributed by atoms with E-state index in [0.717, 1.165) is 9.87 Å². The van der Waals surface area contributed by atoms with E-state index in [0.29, 0.717) is 33.3 Å². The third-order valence-corrected chi connectivity index (χ3v) is 10.1. The number of carbonyl (C=O) groups is 2. The quantitative estimate of drug-likeness (QED) is 0.166. The topological polar surface area (TPSA) is 86.8 Å². The van der Waals surface area contributed by atoms with Crippen LogP contribution in [0.15, 0.2) is 108 Å². The molecule has 2 atom stereocenters. The van der Waals surface area contributed by atoms with Crippen LogP contribution in [0.2, 0.25) is 10.0 Å². The number of nitrogens with zero attached hydrogens (tertiary/aromatic N) is 2. The Hall–Kier alpha value is -3.85. The number of carbonyl (C=O) groups excluding carboxylic acids is 2. The summed E-state index contributed by atoms with van der Waals surface area (Å²) in [7, 11) is -4.17. The van der Waals surface area contributed by atoms with Gasteiger partial charge in [0, 0.05) is 19.0 Å². The molecule has 0 radical (unpaired) electrons. The zero-order valence-corrected chi connectivity index (χ0v) is 27.8. The number of aryl methyl sites for hydroxylation is 1. The summed E-state index contributed by atoms with van der Waals surface area (Å²) in [5, 5.41) is 3.69. The lowest BCUT2D eigenvalue weighted by atomic mass is 10.0. The first-order chi connectivity index (χ1) is 21.5. The maximum Gasteiger partial charge on any atom is 0.264 e. The van der Waals surface area contributed by atoms with Crippen molar-refractivity contribution in [3.8, 4) is 0 Å². The number of hydrogen-bond acceptors (Lipinski definition) is 4. The fourth-order valence-corrected chi connectivity index (χ4v) is 6.73. The molecule has 236 valence electrons. The molecule has 45 heavy (non-hydrogen) atoms. The zero-order valence-electron chi connectivity index (χ0n) is 25.5. The highest BCUT2D eigenvalue weighted by molar-refractivity contribution is 7.92. The first-order valence-electron chi connectivity index (χ1n) is 14.7. The summed E-state index contributed by atoms with van der Waals surface area (Å²) < 4.78 is 29.3. The van der Waals surface area contributed by atoms with E-state index >= 15 is 0 Å². The Bertz CT molecular complexity index is 1720. The monoisotopic (exact) mass is 665 g/mol. The Labute approximate surface area is 275 Å². The van der Waals surface area contributed by atoms with Crippen molar-refractivity contribution < 1.29 is 18.0 Å². The Balaban J connectivity index is 1.82. The summed E-state index contributed by atoms with van der Waals surface area (Å²) in [6.07, 6.45) is 0.910. The number of halogens is 2. The summed E-state index contributed by atoms with van der Waals surface area (Å²) in [6.45, 7) is 5.11. The molecule has 0 saturated heterocycles.